The number of hydrogen-bond donors (Lipinski definition) is 1. The minimum Gasteiger partial charge on any atom is -0.335 e. The van der Waals surface area contributed by atoms with Gasteiger partial charge in [-0.1, -0.05) is 0 Å². The lowest BCUT2D eigenvalue weighted by Gasteiger charge is -2.05. The van der Waals surface area contributed by atoms with E-state index in [1.807, 2.05) is 13.8 Å². The van der Waals surface area contributed by atoms with E-state index in [4.69, 9.17) is 0 Å². The number of amides is 2. The molecule has 1 aliphatic heterocycles. The number of hydrazone groups is 1. The van der Waals surface area contributed by atoms with Gasteiger partial charge in [0, 0.05) is 12.3 Å². The summed E-state index contributed by atoms with van der Waals surface area (Å²) in [5, 5.41) is 8.09. The van der Waals surface area contributed by atoms with Gasteiger partial charge in [-0.05, 0) is 13.8 Å². The van der Waals surface area contributed by atoms with Crippen molar-refractivity contribution in [1.29, 1.82) is 0 Å². The zero-order chi connectivity index (χ0) is 7.56. The molecule has 4 nitrogen and oxygen atoms in total. The molecule has 0 bridgehead atoms. The molecular weight excluding hydrogens is 130 g/mol. The van der Waals surface area contributed by atoms with Crippen LogP contribution in [0.25, 0.3) is 0 Å². The average Bonchev–Trinajstić information content (AvgIpc) is 2.15. The van der Waals surface area contributed by atoms with Crippen molar-refractivity contribution in [2.45, 2.75) is 13.8 Å². The summed E-state index contributed by atoms with van der Waals surface area (Å²) in [5.74, 6) is 0. The SMILES string of the molecule is CC(C)=NN1CCNC1=O. The van der Waals surface area contributed by atoms with Crippen molar-refractivity contribution in [2.24, 2.45) is 5.10 Å². The van der Waals surface area contributed by atoms with Crippen LogP contribution in [0, 0.1) is 0 Å². The quantitative estimate of drug-likeness (QED) is 0.528. The largest absolute Gasteiger partial charge is 0.337 e. The molecule has 1 heterocycles. The maximum Gasteiger partial charge on any atom is 0.337 e. The first-order chi connectivity index (χ1) is 4.70. The zero-order valence-electron chi connectivity index (χ0n) is 6.22. The van der Waals surface area contributed by atoms with E-state index in [1.165, 1.54) is 5.01 Å². The minimum absolute atomic E-state index is 0.0961. The molecule has 1 fully saturated rings. The molecule has 0 radical (unpaired) electrons. The third-order valence-electron chi connectivity index (χ3n) is 1.15. The molecule has 56 valence electrons. The summed E-state index contributed by atoms with van der Waals surface area (Å²) < 4.78 is 0. The number of nitrogens with zero attached hydrogens (tertiary/aromatic N) is 2. The normalized spacial score (nSPS) is 17.0. The first-order valence-electron chi connectivity index (χ1n) is 3.27. The van der Waals surface area contributed by atoms with Crippen LogP contribution in [-0.2, 0) is 0 Å². The fourth-order valence-corrected chi connectivity index (χ4v) is 0.798. The number of carbonyl (C=O) groups is 1. The van der Waals surface area contributed by atoms with Crippen LogP contribution in [-0.4, -0.2) is 29.8 Å². The predicted octanol–water partition coefficient (Wildman–Crippen LogP) is 0.407. The molecule has 0 aliphatic carbocycles. The highest BCUT2D eigenvalue weighted by Gasteiger charge is 2.17. The Morgan fingerprint density at radius 1 is 1.70 bits per heavy atom. The lowest BCUT2D eigenvalue weighted by atomic mass is 10.5. The second-order valence-electron chi connectivity index (χ2n) is 2.40. The highest BCUT2D eigenvalue weighted by Crippen LogP contribution is 1.96. The fraction of sp³-hybridized carbons (Fsp3) is 0.667. The van der Waals surface area contributed by atoms with Gasteiger partial charge in [-0.15, -0.1) is 0 Å². The van der Waals surface area contributed by atoms with Crippen molar-refractivity contribution in [1.82, 2.24) is 10.3 Å². The highest BCUT2D eigenvalue weighted by atomic mass is 16.2. The summed E-state index contributed by atoms with van der Waals surface area (Å²) in [6.45, 7) is 5.12. The number of nitrogens with one attached hydrogen (secondary N) is 1. The predicted molar refractivity (Wildman–Crippen MR) is 38.9 cm³/mol. The molecule has 4 heteroatoms. The lowest BCUT2D eigenvalue weighted by molar-refractivity contribution is 0.219. The lowest BCUT2D eigenvalue weighted by Crippen LogP contribution is -2.23. The maximum absolute atomic E-state index is 10.8. The molecule has 0 aromatic heterocycles. The van der Waals surface area contributed by atoms with Crippen LogP contribution in [0.15, 0.2) is 5.10 Å². The molecule has 1 saturated heterocycles. The Kier molecular flexibility index (Phi) is 1.89. The summed E-state index contributed by atoms with van der Waals surface area (Å²) in [6, 6.07) is -0.0961. The summed E-state index contributed by atoms with van der Waals surface area (Å²) >= 11 is 0. The molecule has 0 aromatic carbocycles. The Hall–Kier alpha value is -1.06. The van der Waals surface area contributed by atoms with Gasteiger partial charge in [-0.2, -0.15) is 5.10 Å². The van der Waals surface area contributed by atoms with Crippen molar-refractivity contribution in [2.75, 3.05) is 13.1 Å². The fourth-order valence-electron chi connectivity index (χ4n) is 0.798. The second kappa shape index (κ2) is 2.68. The van der Waals surface area contributed by atoms with Gasteiger partial charge in [0.1, 0.15) is 0 Å². The van der Waals surface area contributed by atoms with Crippen molar-refractivity contribution in [3.8, 4) is 0 Å². The second-order valence-corrected chi connectivity index (χ2v) is 2.40. The van der Waals surface area contributed by atoms with E-state index < -0.39 is 0 Å². The molecule has 2 amide bonds. The van der Waals surface area contributed by atoms with Crippen LogP contribution in [0.1, 0.15) is 13.8 Å². The Balaban J connectivity index is 2.56. The van der Waals surface area contributed by atoms with Gasteiger partial charge >= 0.3 is 6.03 Å². The molecule has 0 aromatic rings. The molecule has 0 saturated carbocycles. The highest BCUT2D eigenvalue weighted by molar-refractivity contribution is 5.82. The van der Waals surface area contributed by atoms with Crippen molar-refractivity contribution in [3.63, 3.8) is 0 Å². The van der Waals surface area contributed by atoms with Crippen LogP contribution >= 0.6 is 0 Å². The molecule has 0 atom stereocenters. The number of urea groups is 1. The monoisotopic (exact) mass is 141 g/mol. The molecule has 10 heavy (non-hydrogen) atoms. The topological polar surface area (TPSA) is 44.7 Å². The molecule has 1 aliphatic rings. The minimum atomic E-state index is -0.0961. The van der Waals surface area contributed by atoms with Gasteiger partial charge < -0.3 is 5.32 Å². The van der Waals surface area contributed by atoms with E-state index in [-0.39, 0.29) is 6.03 Å². The van der Waals surface area contributed by atoms with E-state index in [0.717, 1.165) is 5.71 Å². The van der Waals surface area contributed by atoms with Gasteiger partial charge in [-0.3, -0.25) is 0 Å². The van der Waals surface area contributed by atoms with Crippen LogP contribution in [0.5, 0.6) is 0 Å². The number of carbonyl (C=O) groups excluding carboxylic acids is 1. The van der Waals surface area contributed by atoms with Gasteiger partial charge in [0.2, 0.25) is 0 Å². The Morgan fingerprint density at radius 3 is 2.80 bits per heavy atom. The Morgan fingerprint density at radius 2 is 2.40 bits per heavy atom. The third-order valence-corrected chi connectivity index (χ3v) is 1.15. The van der Waals surface area contributed by atoms with Crippen LogP contribution in [0.4, 0.5) is 4.79 Å². The van der Waals surface area contributed by atoms with Gasteiger partial charge in [0.25, 0.3) is 0 Å². The molecule has 1 rings (SSSR count). The molecule has 0 spiro atoms. The standard InChI is InChI=1S/C6H11N3O/c1-5(2)8-9-4-3-7-6(9)10/h3-4H2,1-2H3,(H,7,10). The summed E-state index contributed by atoms with van der Waals surface area (Å²) in [5.41, 5.74) is 0.900. The van der Waals surface area contributed by atoms with E-state index in [9.17, 15) is 4.79 Å². The first-order valence-corrected chi connectivity index (χ1v) is 3.27. The van der Waals surface area contributed by atoms with Gasteiger partial charge in [0.15, 0.2) is 0 Å². The molecular formula is C6H11N3O. The smallest absolute Gasteiger partial charge is 0.335 e. The van der Waals surface area contributed by atoms with E-state index in [2.05, 4.69) is 10.4 Å². The zero-order valence-corrected chi connectivity index (χ0v) is 6.22. The van der Waals surface area contributed by atoms with Crippen molar-refractivity contribution >= 4 is 11.7 Å². The van der Waals surface area contributed by atoms with Crippen LogP contribution in [0.2, 0.25) is 0 Å². The van der Waals surface area contributed by atoms with Crippen molar-refractivity contribution < 1.29 is 4.79 Å². The maximum atomic E-state index is 10.8. The third kappa shape index (κ3) is 1.46. The van der Waals surface area contributed by atoms with Crippen molar-refractivity contribution in [3.05, 3.63) is 0 Å². The van der Waals surface area contributed by atoms with Crippen LogP contribution in [0.3, 0.4) is 0 Å². The summed E-state index contributed by atoms with van der Waals surface area (Å²) in [4.78, 5) is 10.8. The summed E-state index contributed by atoms with van der Waals surface area (Å²) in [6.07, 6.45) is 0. The number of rotatable bonds is 1. The molecule has 1 N–H and O–H groups in total. The van der Waals surface area contributed by atoms with Gasteiger partial charge in [0.05, 0.1) is 6.54 Å². The summed E-state index contributed by atoms with van der Waals surface area (Å²) in [7, 11) is 0. The van der Waals surface area contributed by atoms with E-state index >= 15 is 0 Å². The van der Waals surface area contributed by atoms with E-state index in [1.54, 1.807) is 0 Å². The Bertz CT molecular complexity index is 172. The van der Waals surface area contributed by atoms with E-state index in [0.29, 0.717) is 13.1 Å². The average molecular weight is 141 g/mol. The van der Waals surface area contributed by atoms with Crippen LogP contribution < -0.4 is 5.32 Å². The number of hydrogen-bond acceptors (Lipinski definition) is 2. The Labute approximate surface area is 59.9 Å². The molecule has 0 unspecified atom stereocenters. The first kappa shape index (κ1) is 7.05. The van der Waals surface area contributed by atoms with Gasteiger partial charge in [-0.25, -0.2) is 9.80 Å².